The zero-order valence-electron chi connectivity index (χ0n) is 13.4. The van der Waals surface area contributed by atoms with Crippen LogP contribution in [0.4, 0.5) is 0 Å². The van der Waals surface area contributed by atoms with Crippen LogP contribution in [0, 0.1) is 0 Å². The van der Waals surface area contributed by atoms with Crippen molar-refractivity contribution in [1.82, 2.24) is 20.2 Å². The van der Waals surface area contributed by atoms with Crippen molar-refractivity contribution in [3.8, 4) is 0 Å². The van der Waals surface area contributed by atoms with Crippen LogP contribution in [0.5, 0.6) is 0 Å². The van der Waals surface area contributed by atoms with Crippen LogP contribution in [0.1, 0.15) is 41.9 Å². The molecule has 1 aliphatic rings. The van der Waals surface area contributed by atoms with Crippen molar-refractivity contribution in [2.45, 2.75) is 31.8 Å². The van der Waals surface area contributed by atoms with Crippen molar-refractivity contribution in [1.29, 1.82) is 0 Å². The van der Waals surface area contributed by atoms with Crippen molar-refractivity contribution in [2.24, 2.45) is 0 Å². The van der Waals surface area contributed by atoms with Gasteiger partial charge in [-0.3, -0.25) is 14.7 Å². The summed E-state index contributed by atoms with van der Waals surface area (Å²) >= 11 is 0. The molecule has 5 nitrogen and oxygen atoms in total. The number of nitrogens with zero attached hydrogens (tertiary/aromatic N) is 3. The van der Waals surface area contributed by atoms with E-state index in [4.69, 9.17) is 0 Å². The van der Waals surface area contributed by atoms with Gasteiger partial charge in [-0.1, -0.05) is 30.3 Å². The predicted molar refractivity (Wildman–Crippen MR) is 89.0 cm³/mol. The Hall–Kier alpha value is -2.27. The molecule has 1 atom stereocenters. The predicted octanol–water partition coefficient (Wildman–Crippen LogP) is 2.43. The van der Waals surface area contributed by atoms with Crippen LogP contribution in [-0.4, -0.2) is 39.9 Å². The molecule has 1 aliphatic heterocycles. The smallest absolute Gasteiger partial charge is 0.271 e. The van der Waals surface area contributed by atoms with E-state index in [9.17, 15) is 4.79 Å². The highest BCUT2D eigenvalue weighted by molar-refractivity contribution is 5.92. The van der Waals surface area contributed by atoms with Crippen LogP contribution in [-0.2, 0) is 0 Å². The molecule has 1 aromatic carbocycles. The first-order valence-corrected chi connectivity index (χ1v) is 8.10. The Balaban J connectivity index is 1.52. The van der Waals surface area contributed by atoms with Crippen molar-refractivity contribution in [3.63, 3.8) is 0 Å². The second-order valence-electron chi connectivity index (χ2n) is 5.96. The summed E-state index contributed by atoms with van der Waals surface area (Å²) in [5, 5.41) is 3.07. The van der Waals surface area contributed by atoms with Gasteiger partial charge in [-0.2, -0.15) is 0 Å². The summed E-state index contributed by atoms with van der Waals surface area (Å²) in [6.45, 7) is 4.22. The summed E-state index contributed by atoms with van der Waals surface area (Å²) in [4.78, 5) is 22.6. The topological polar surface area (TPSA) is 58.1 Å². The Kier molecular flexibility index (Phi) is 4.98. The third-order valence-electron chi connectivity index (χ3n) is 4.49. The molecule has 1 saturated heterocycles. The van der Waals surface area contributed by atoms with Crippen LogP contribution >= 0.6 is 0 Å². The third kappa shape index (κ3) is 3.93. The highest BCUT2D eigenvalue weighted by Gasteiger charge is 2.24. The number of amides is 1. The van der Waals surface area contributed by atoms with E-state index in [2.05, 4.69) is 51.4 Å². The number of rotatable bonds is 4. The highest BCUT2D eigenvalue weighted by Crippen LogP contribution is 2.24. The van der Waals surface area contributed by atoms with Crippen LogP contribution in [0.15, 0.2) is 48.9 Å². The minimum Gasteiger partial charge on any atom is -0.348 e. The molecule has 120 valence electrons. The molecule has 0 bridgehead atoms. The van der Waals surface area contributed by atoms with E-state index in [0.29, 0.717) is 11.7 Å². The number of hydrogen-bond donors (Lipinski definition) is 1. The first-order valence-electron chi connectivity index (χ1n) is 8.10. The Morgan fingerprint density at radius 1 is 1.22 bits per heavy atom. The molecule has 1 N–H and O–H groups in total. The van der Waals surface area contributed by atoms with E-state index in [0.717, 1.165) is 25.9 Å². The molecule has 5 heteroatoms. The van der Waals surface area contributed by atoms with Gasteiger partial charge in [-0.15, -0.1) is 0 Å². The molecular formula is C18H22N4O. The van der Waals surface area contributed by atoms with Gasteiger partial charge in [0.2, 0.25) is 0 Å². The van der Waals surface area contributed by atoms with Crippen LogP contribution in [0.25, 0.3) is 0 Å². The lowest BCUT2D eigenvalue weighted by Crippen LogP contribution is -2.45. The highest BCUT2D eigenvalue weighted by atomic mass is 16.1. The van der Waals surface area contributed by atoms with Crippen molar-refractivity contribution >= 4 is 5.91 Å². The average molecular weight is 310 g/mol. The largest absolute Gasteiger partial charge is 0.348 e. The second-order valence-corrected chi connectivity index (χ2v) is 5.96. The second kappa shape index (κ2) is 7.33. The SMILES string of the molecule is CC(c1ccccc1)N1CCC(NC(=O)c2cnccn2)CC1. The Morgan fingerprint density at radius 3 is 2.61 bits per heavy atom. The van der Waals surface area contributed by atoms with Crippen LogP contribution < -0.4 is 5.32 Å². The summed E-state index contributed by atoms with van der Waals surface area (Å²) in [5.41, 5.74) is 1.72. The quantitative estimate of drug-likeness (QED) is 0.942. The zero-order valence-corrected chi connectivity index (χ0v) is 13.4. The molecule has 0 aliphatic carbocycles. The van der Waals surface area contributed by atoms with E-state index in [1.165, 1.54) is 11.8 Å². The monoisotopic (exact) mass is 310 g/mol. The minimum absolute atomic E-state index is 0.132. The van der Waals surface area contributed by atoms with Crippen LogP contribution in [0.2, 0.25) is 0 Å². The summed E-state index contributed by atoms with van der Waals surface area (Å²) < 4.78 is 0. The lowest BCUT2D eigenvalue weighted by molar-refractivity contribution is 0.0890. The number of nitrogens with one attached hydrogen (secondary N) is 1. The number of benzene rings is 1. The number of piperidine rings is 1. The van der Waals surface area contributed by atoms with Gasteiger partial charge >= 0.3 is 0 Å². The van der Waals surface area contributed by atoms with Crippen LogP contribution in [0.3, 0.4) is 0 Å². The first kappa shape index (κ1) is 15.6. The maximum absolute atomic E-state index is 12.1. The number of hydrogen-bond acceptors (Lipinski definition) is 4. The van der Waals surface area contributed by atoms with E-state index in [1.807, 2.05) is 6.07 Å². The molecule has 1 aromatic heterocycles. The van der Waals surface area contributed by atoms with Gasteiger partial charge in [-0.25, -0.2) is 4.98 Å². The van der Waals surface area contributed by atoms with E-state index < -0.39 is 0 Å². The fourth-order valence-electron chi connectivity index (χ4n) is 3.05. The molecule has 0 radical (unpaired) electrons. The van der Waals surface area contributed by atoms with Crippen molar-refractivity contribution < 1.29 is 4.79 Å². The minimum atomic E-state index is -0.132. The molecule has 1 amide bonds. The summed E-state index contributed by atoms with van der Waals surface area (Å²) in [7, 11) is 0. The molecule has 0 saturated carbocycles. The number of likely N-dealkylation sites (tertiary alicyclic amines) is 1. The number of carbonyl (C=O) groups is 1. The fraction of sp³-hybridized carbons (Fsp3) is 0.389. The fourth-order valence-corrected chi connectivity index (χ4v) is 3.05. The maximum Gasteiger partial charge on any atom is 0.271 e. The molecule has 1 fully saturated rings. The Morgan fingerprint density at radius 2 is 1.96 bits per heavy atom. The van der Waals surface area contributed by atoms with E-state index >= 15 is 0 Å². The van der Waals surface area contributed by atoms with Crippen molar-refractivity contribution in [3.05, 3.63) is 60.2 Å². The molecule has 1 unspecified atom stereocenters. The van der Waals surface area contributed by atoms with Gasteiger partial charge in [0.1, 0.15) is 5.69 Å². The third-order valence-corrected chi connectivity index (χ3v) is 4.49. The van der Waals surface area contributed by atoms with Gasteiger partial charge in [0, 0.05) is 37.6 Å². The first-order chi connectivity index (χ1) is 11.2. The number of carbonyl (C=O) groups excluding carboxylic acids is 1. The standard InChI is InChI=1S/C18H22N4O/c1-14(15-5-3-2-4-6-15)22-11-7-16(8-12-22)21-18(23)17-13-19-9-10-20-17/h2-6,9-10,13-14,16H,7-8,11-12H2,1H3,(H,21,23). The Labute approximate surface area is 136 Å². The molecular weight excluding hydrogens is 288 g/mol. The summed E-state index contributed by atoms with van der Waals surface area (Å²) in [5.74, 6) is -0.132. The molecule has 2 heterocycles. The Bertz CT molecular complexity index is 624. The normalized spacial score (nSPS) is 17.6. The molecule has 3 rings (SSSR count). The lowest BCUT2D eigenvalue weighted by atomic mass is 10.00. The molecule has 0 spiro atoms. The van der Waals surface area contributed by atoms with Gasteiger partial charge in [-0.05, 0) is 25.3 Å². The maximum atomic E-state index is 12.1. The van der Waals surface area contributed by atoms with Crippen molar-refractivity contribution in [2.75, 3.05) is 13.1 Å². The summed E-state index contributed by atoms with van der Waals surface area (Å²) in [6.07, 6.45) is 6.54. The molecule has 23 heavy (non-hydrogen) atoms. The molecule has 2 aromatic rings. The van der Waals surface area contributed by atoms with Gasteiger partial charge in [0.15, 0.2) is 0 Å². The van der Waals surface area contributed by atoms with Gasteiger partial charge in [0.05, 0.1) is 6.20 Å². The summed E-state index contributed by atoms with van der Waals surface area (Å²) in [6, 6.07) is 11.2. The van der Waals surface area contributed by atoms with E-state index in [1.54, 1.807) is 12.4 Å². The zero-order chi connectivity index (χ0) is 16.1. The van der Waals surface area contributed by atoms with Gasteiger partial charge < -0.3 is 5.32 Å². The number of aromatic nitrogens is 2. The average Bonchev–Trinajstić information content (AvgIpc) is 2.63. The van der Waals surface area contributed by atoms with Gasteiger partial charge in [0.25, 0.3) is 5.91 Å². The lowest BCUT2D eigenvalue weighted by Gasteiger charge is -2.36. The van der Waals surface area contributed by atoms with E-state index in [-0.39, 0.29) is 11.9 Å².